The van der Waals surface area contributed by atoms with Crippen LogP contribution >= 0.6 is 0 Å². The summed E-state index contributed by atoms with van der Waals surface area (Å²) in [5.74, 6) is -7.10. The molecule has 1 aliphatic heterocycles. The summed E-state index contributed by atoms with van der Waals surface area (Å²) >= 11 is 0. The van der Waals surface area contributed by atoms with E-state index >= 15 is 0 Å². The molecule has 0 aromatic heterocycles. The van der Waals surface area contributed by atoms with E-state index in [1.165, 1.54) is 13.0 Å². The Hall–Kier alpha value is -3.51. The van der Waals surface area contributed by atoms with Crippen molar-refractivity contribution in [3.8, 4) is 0 Å². The number of rotatable bonds is 6. The van der Waals surface area contributed by atoms with E-state index in [4.69, 9.17) is 39.6 Å². The maximum absolute atomic E-state index is 12.3. The standard InChI is InChI=1S/C18H29N3O.2C2H2O4/c1-4-18(22)21(17-9-6-5-7-10-17)14-13-19-11-8-12-20(15-19)16(2)3;2*3-1(4)2(5)6/h5-7,9-10,16H,4,8,11-15H2,1-3H3;2*(H,3,4)(H,5,6). The fourth-order valence-corrected chi connectivity index (χ4v) is 2.94. The number of hydrogen-bond acceptors (Lipinski definition) is 7. The first-order valence-electron chi connectivity index (χ1n) is 10.6. The Morgan fingerprint density at radius 2 is 1.38 bits per heavy atom. The molecule has 0 spiro atoms. The summed E-state index contributed by atoms with van der Waals surface area (Å²) in [6, 6.07) is 10.6. The molecule has 1 aromatic carbocycles. The molecule has 1 heterocycles. The average molecular weight is 484 g/mol. The lowest BCUT2D eigenvalue weighted by Crippen LogP contribution is -2.50. The van der Waals surface area contributed by atoms with Gasteiger partial charge in [-0.1, -0.05) is 25.1 Å². The molecule has 4 N–H and O–H groups in total. The predicted molar refractivity (Wildman–Crippen MR) is 123 cm³/mol. The Morgan fingerprint density at radius 1 is 0.882 bits per heavy atom. The van der Waals surface area contributed by atoms with Gasteiger partial charge >= 0.3 is 23.9 Å². The summed E-state index contributed by atoms with van der Waals surface area (Å²) in [5.41, 5.74) is 1.01. The molecule has 0 radical (unpaired) electrons. The Labute approximate surface area is 198 Å². The molecule has 1 aromatic rings. The molecule has 0 atom stereocenters. The van der Waals surface area contributed by atoms with Gasteiger partial charge in [-0.25, -0.2) is 19.2 Å². The number of para-hydroxylation sites is 1. The highest BCUT2D eigenvalue weighted by Crippen LogP contribution is 2.15. The van der Waals surface area contributed by atoms with Crippen molar-refractivity contribution in [1.29, 1.82) is 0 Å². The quantitative estimate of drug-likeness (QED) is 0.426. The van der Waals surface area contributed by atoms with Crippen LogP contribution in [0.5, 0.6) is 0 Å². The minimum Gasteiger partial charge on any atom is -0.473 e. The molecule has 12 nitrogen and oxygen atoms in total. The minimum atomic E-state index is -1.82. The van der Waals surface area contributed by atoms with Gasteiger partial charge in [-0.2, -0.15) is 0 Å². The number of carboxylic acid groups (broad SMARTS) is 4. The van der Waals surface area contributed by atoms with Crippen molar-refractivity contribution in [3.05, 3.63) is 30.3 Å². The third kappa shape index (κ3) is 12.5. The van der Waals surface area contributed by atoms with Crippen LogP contribution in [0.4, 0.5) is 5.69 Å². The molecule has 2 rings (SSSR count). The van der Waals surface area contributed by atoms with Gasteiger partial charge in [0.1, 0.15) is 0 Å². The molecule has 0 bridgehead atoms. The van der Waals surface area contributed by atoms with E-state index in [1.54, 1.807) is 0 Å². The normalized spacial score (nSPS) is 13.5. The van der Waals surface area contributed by atoms with E-state index in [1.807, 2.05) is 42.2 Å². The zero-order valence-corrected chi connectivity index (χ0v) is 19.6. The molecule has 1 fully saturated rings. The second-order valence-corrected chi connectivity index (χ2v) is 7.47. The second-order valence-electron chi connectivity index (χ2n) is 7.47. The minimum absolute atomic E-state index is 0.198. The number of nitrogens with zero attached hydrogens (tertiary/aromatic N) is 3. The van der Waals surface area contributed by atoms with Crippen LogP contribution in [0.15, 0.2) is 30.3 Å². The molecular formula is C22H33N3O9. The van der Waals surface area contributed by atoms with Gasteiger partial charge in [0.25, 0.3) is 0 Å². The lowest BCUT2D eigenvalue weighted by Gasteiger charge is -2.38. The lowest BCUT2D eigenvalue weighted by molar-refractivity contribution is -0.159. The van der Waals surface area contributed by atoms with Crippen molar-refractivity contribution < 1.29 is 44.4 Å². The molecular weight excluding hydrogens is 450 g/mol. The van der Waals surface area contributed by atoms with Crippen molar-refractivity contribution in [2.45, 2.75) is 39.7 Å². The van der Waals surface area contributed by atoms with Crippen molar-refractivity contribution in [1.82, 2.24) is 9.80 Å². The predicted octanol–water partition coefficient (Wildman–Crippen LogP) is 1.11. The molecule has 0 aliphatic carbocycles. The average Bonchev–Trinajstić information content (AvgIpc) is 2.80. The molecule has 190 valence electrons. The molecule has 12 heteroatoms. The zero-order chi connectivity index (χ0) is 26.3. The fourth-order valence-electron chi connectivity index (χ4n) is 2.94. The van der Waals surface area contributed by atoms with Crippen LogP contribution in [0, 0.1) is 0 Å². The molecule has 34 heavy (non-hydrogen) atoms. The first-order valence-corrected chi connectivity index (χ1v) is 10.6. The third-order valence-electron chi connectivity index (χ3n) is 4.71. The Bertz CT molecular complexity index is 767. The summed E-state index contributed by atoms with van der Waals surface area (Å²) in [7, 11) is 0. The molecule has 0 unspecified atom stereocenters. The maximum Gasteiger partial charge on any atom is 0.414 e. The Balaban J connectivity index is 0.000000750. The van der Waals surface area contributed by atoms with Crippen molar-refractivity contribution in [3.63, 3.8) is 0 Å². The number of hydrogen-bond donors (Lipinski definition) is 4. The number of benzene rings is 1. The SMILES string of the molecule is CCC(=O)N(CCN1CCCN(C(C)C)C1)c1ccccc1.O=C(O)C(=O)O.O=C(O)C(=O)O. The smallest absolute Gasteiger partial charge is 0.414 e. The largest absolute Gasteiger partial charge is 0.473 e. The van der Waals surface area contributed by atoms with Gasteiger partial charge in [-0.15, -0.1) is 0 Å². The highest BCUT2D eigenvalue weighted by Gasteiger charge is 2.21. The van der Waals surface area contributed by atoms with Gasteiger partial charge in [-0.05, 0) is 32.4 Å². The highest BCUT2D eigenvalue weighted by molar-refractivity contribution is 6.27. The monoisotopic (exact) mass is 483 g/mol. The van der Waals surface area contributed by atoms with Crippen molar-refractivity contribution in [2.24, 2.45) is 0 Å². The van der Waals surface area contributed by atoms with Crippen LogP contribution in [-0.2, 0) is 24.0 Å². The third-order valence-corrected chi connectivity index (χ3v) is 4.71. The van der Waals surface area contributed by atoms with E-state index in [0.29, 0.717) is 12.5 Å². The van der Waals surface area contributed by atoms with Gasteiger partial charge in [0.05, 0.1) is 6.67 Å². The van der Waals surface area contributed by atoms with Crippen LogP contribution in [0.25, 0.3) is 0 Å². The Morgan fingerprint density at radius 3 is 1.79 bits per heavy atom. The van der Waals surface area contributed by atoms with Crippen molar-refractivity contribution >= 4 is 35.5 Å². The first-order chi connectivity index (χ1) is 15.9. The fraction of sp³-hybridized carbons (Fsp3) is 0.500. The number of carboxylic acids is 4. The van der Waals surface area contributed by atoms with E-state index in [9.17, 15) is 4.79 Å². The van der Waals surface area contributed by atoms with Gasteiger partial charge < -0.3 is 25.3 Å². The molecule has 1 amide bonds. The zero-order valence-electron chi connectivity index (χ0n) is 19.6. The second kappa shape index (κ2) is 16.2. The van der Waals surface area contributed by atoms with E-state index in [2.05, 4.69) is 23.6 Å². The summed E-state index contributed by atoms with van der Waals surface area (Å²) in [6.45, 7) is 11.5. The van der Waals surface area contributed by atoms with Gasteiger partial charge in [0.15, 0.2) is 0 Å². The summed E-state index contributed by atoms with van der Waals surface area (Å²) in [6.07, 6.45) is 1.76. The highest BCUT2D eigenvalue weighted by atomic mass is 16.4. The first kappa shape index (κ1) is 30.5. The number of aliphatic carboxylic acids is 4. The van der Waals surface area contributed by atoms with E-state index < -0.39 is 23.9 Å². The lowest BCUT2D eigenvalue weighted by atomic mass is 10.2. The number of carbonyl (C=O) groups excluding carboxylic acids is 1. The molecule has 0 saturated carbocycles. The van der Waals surface area contributed by atoms with Crippen LogP contribution < -0.4 is 4.90 Å². The number of anilines is 1. The summed E-state index contributed by atoms with van der Waals surface area (Å²) < 4.78 is 0. The van der Waals surface area contributed by atoms with Gasteiger partial charge in [-0.3, -0.25) is 14.6 Å². The number of carbonyl (C=O) groups is 5. The molecule has 1 saturated heterocycles. The maximum atomic E-state index is 12.3. The van der Waals surface area contributed by atoms with E-state index in [-0.39, 0.29) is 5.91 Å². The topological polar surface area (TPSA) is 176 Å². The summed E-state index contributed by atoms with van der Waals surface area (Å²) in [4.78, 5) is 55.5. The molecule has 1 aliphatic rings. The van der Waals surface area contributed by atoms with Crippen LogP contribution in [0.1, 0.15) is 33.6 Å². The van der Waals surface area contributed by atoms with Gasteiger partial charge in [0, 0.05) is 44.3 Å². The summed E-state index contributed by atoms with van der Waals surface area (Å²) in [5, 5.41) is 29.6. The van der Waals surface area contributed by atoms with Crippen LogP contribution in [0.3, 0.4) is 0 Å². The Kier molecular flexibility index (Phi) is 14.5. The van der Waals surface area contributed by atoms with Crippen LogP contribution in [-0.4, -0.2) is 98.9 Å². The van der Waals surface area contributed by atoms with Crippen LogP contribution in [0.2, 0.25) is 0 Å². The van der Waals surface area contributed by atoms with Crippen molar-refractivity contribution in [2.75, 3.05) is 37.7 Å². The number of amides is 1. The van der Waals surface area contributed by atoms with E-state index in [0.717, 1.165) is 32.0 Å². The van der Waals surface area contributed by atoms with Gasteiger partial charge in [0.2, 0.25) is 5.91 Å².